The molecule has 0 saturated carbocycles. The molecule has 1 aliphatic heterocycles. The second-order valence-electron chi connectivity index (χ2n) is 6.02. The van der Waals surface area contributed by atoms with E-state index in [9.17, 15) is 4.79 Å². The van der Waals surface area contributed by atoms with Gasteiger partial charge in [0.2, 0.25) is 0 Å². The van der Waals surface area contributed by atoms with Gasteiger partial charge in [0, 0.05) is 32.9 Å². The quantitative estimate of drug-likeness (QED) is 0.548. The average molecular weight is 460 g/mol. The number of fused-ring (bicyclic) bond motifs is 1. The Kier molecular flexibility index (Phi) is 4.76. The van der Waals surface area contributed by atoms with Crippen LogP contribution in [0.3, 0.4) is 0 Å². The molecule has 1 aliphatic rings. The van der Waals surface area contributed by atoms with Crippen molar-refractivity contribution >= 4 is 51.2 Å². The molecule has 2 aromatic carbocycles. The standard InChI is InChI=1S/C20H17IN2OS/c21-18-4-2-1-3-17(18)20(24)22-15-5-7-16(8-6-15)23-11-9-19-14(13-23)10-12-25-19/h1-8,10,12H,9,11,13H2,(H,22,24). The molecule has 0 saturated heterocycles. The fraction of sp³-hybridized carbons (Fsp3) is 0.150. The summed E-state index contributed by atoms with van der Waals surface area (Å²) < 4.78 is 0.953. The van der Waals surface area contributed by atoms with Gasteiger partial charge < -0.3 is 10.2 Å². The van der Waals surface area contributed by atoms with Crippen LogP contribution in [0.5, 0.6) is 0 Å². The molecule has 0 aliphatic carbocycles. The molecule has 1 N–H and O–H groups in total. The molecule has 0 radical (unpaired) electrons. The van der Waals surface area contributed by atoms with Gasteiger partial charge in [0.05, 0.1) is 5.56 Å². The van der Waals surface area contributed by atoms with Crippen LogP contribution < -0.4 is 10.2 Å². The molecule has 1 aromatic heterocycles. The maximum Gasteiger partial charge on any atom is 0.256 e. The number of amides is 1. The van der Waals surface area contributed by atoms with Crippen molar-refractivity contribution in [1.29, 1.82) is 0 Å². The number of nitrogens with one attached hydrogen (secondary N) is 1. The molecule has 126 valence electrons. The fourth-order valence-corrected chi connectivity index (χ4v) is 4.59. The van der Waals surface area contributed by atoms with Crippen molar-refractivity contribution in [1.82, 2.24) is 0 Å². The molecule has 3 aromatic rings. The van der Waals surface area contributed by atoms with Gasteiger partial charge in [0.15, 0.2) is 0 Å². The summed E-state index contributed by atoms with van der Waals surface area (Å²) in [6, 6.07) is 18.0. The Bertz CT molecular complexity index is 904. The van der Waals surface area contributed by atoms with Gasteiger partial charge in [0.1, 0.15) is 0 Å². The van der Waals surface area contributed by atoms with Gasteiger partial charge in [-0.25, -0.2) is 0 Å². The highest BCUT2D eigenvalue weighted by molar-refractivity contribution is 14.1. The van der Waals surface area contributed by atoms with Gasteiger partial charge in [0.25, 0.3) is 5.91 Å². The number of halogens is 1. The van der Waals surface area contributed by atoms with Gasteiger partial charge in [-0.2, -0.15) is 0 Å². The predicted molar refractivity (Wildman–Crippen MR) is 113 cm³/mol. The highest BCUT2D eigenvalue weighted by Gasteiger charge is 2.17. The average Bonchev–Trinajstić information content (AvgIpc) is 3.10. The van der Waals surface area contributed by atoms with Crippen LogP contribution in [0.25, 0.3) is 0 Å². The van der Waals surface area contributed by atoms with E-state index in [2.05, 4.69) is 56.4 Å². The molecular weight excluding hydrogens is 443 g/mol. The van der Waals surface area contributed by atoms with Crippen LogP contribution in [-0.4, -0.2) is 12.5 Å². The largest absolute Gasteiger partial charge is 0.367 e. The summed E-state index contributed by atoms with van der Waals surface area (Å²) in [6.45, 7) is 2.01. The van der Waals surface area contributed by atoms with Crippen LogP contribution in [0.15, 0.2) is 60.0 Å². The molecule has 3 nitrogen and oxygen atoms in total. The van der Waals surface area contributed by atoms with Crippen LogP contribution in [0.2, 0.25) is 0 Å². The summed E-state index contributed by atoms with van der Waals surface area (Å²) in [7, 11) is 0. The van der Waals surface area contributed by atoms with E-state index in [-0.39, 0.29) is 5.91 Å². The second-order valence-corrected chi connectivity index (χ2v) is 8.18. The highest BCUT2D eigenvalue weighted by Crippen LogP contribution is 2.28. The first-order valence-corrected chi connectivity index (χ1v) is 10.1. The molecule has 25 heavy (non-hydrogen) atoms. The molecule has 4 rings (SSSR count). The lowest BCUT2D eigenvalue weighted by atomic mass is 10.1. The van der Waals surface area contributed by atoms with Crippen molar-refractivity contribution in [3.05, 3.63) is 79.6 Å². The summed E-state index contributed by atoms with van der Waals surface area (Å²) in [4.78, 5) is 16.3. The molecule has 0 atom stereocenters. The SMILES string of the molecule is O=C(Nc1ccc(N2CCc3sccc3C2)cc1)c1ccccc1I. The van der Waals surface area contributed by atoms with Crippen molar-refractivity contribution in [2.75, 3.05) is 16.8 Å². The Morgan fingerprint density at radius 2 is 1.88 bits per heavy atom. The van der Waals surface area contributed by atoms with Gasteiger partial charge in [-0.1, -0.05) is 12.1 Å². The lowest BCUT2D eigenvalue weighted by Crippen LogP contribution is -2.29. The van der Waals surface area contributed by atoms with Gasteiger partial charge in [-0.3, -0.25) is 4.79 Å². The van der Waals surface area contributed by atoms with Gasteiger partial charge in [-0.15, -0.1) is 11.3 Å². The Labute approximate surface area is 164 Å². The maximum absolute atomic E-state index is 12.4. The van der Waals surface area contributed by atoms with Crippen molar-refractivity contribution < 1.29 is 4.79 Å². The summed E-state index contributed by atoms with van der Waals surface area (Å²) in [5, 5.41) is 5.16. The Morgan fingerprint density at radius 1 is 1.08 bits per heavy atom. The zero-order valence-electron chi connectivity index (χ0n) is 13.5. The Morgan fingerprint density at radius 3 is 2.68 bits per heavy atom. The highest BCUT2D eigenvalue weighted by atomic mass is 127. The lowest BCUT2D eigenvalue weighted by Gasteiger charge is -2.29. The van der Waals surface area contributed by atoms with Crippen LogP contribution in [0, 0.1) is 3.57 Å². The number of nitrogens with zero attached hydrogens (tertiary/aromatic N) is 1. The molecule has 0 spiro atoms. The summed E-state index contributed by atoms with van der Waals surface area (Å²) in [5.41, 5.74) is 4.16. The minimum Gasteiger partial charge on any atom is -0.367 e. The number of rotatable bonds is 3. The fourth-order valence-electron chi connectivity index (χ4n) is 3.07. The van der Waals surface area contributed by atoms with E-state index in [1.807, 2.05) is 47.7 Å². The number of carbonyl (C=O) groups is 1. The van der Waals surface area contributed by atoms with E-state index in [1.165, 1.54) is 16.1 Å². The number of benzene rings is 2. The van der Waals surface area contributed by atoms with Crippen molar-refractivity contribution in [2.45, 2.75) is 13.0 Å². The molecule has 1 amide bonds. The molecule has 0 bridgehead atoms. The van der Waals surface area contributed by atoms with Gasteiger partial charge >= 0.3 is 0 Å². The first-order valence-electron chi connectivity index (χ1n) is 8.17. The minimum atomic E-state index is -0.0707. The first-order chi connectivity index (χ1) is 12.2. The molecule has 0 unspecified atom stereocenters. The van der Waals surface area contributed by atoms with E-state index >= 15 is 0 Å². The molecule has 2 heterocycles. The van der Waals surface area contributed by atoms with Crippen LogP contribution in [-0.2, 0) is 13.0 Å². The van der Waals surface area contributed by atoms with E-state index in [0.717, 1.165) is 28.8 Å². The number of carbonyl (C=O) groups excluding carboxylic acids is 1. The zero-order chi connectivity index (χ0) is 17.2. The topological polar surface area (TPSA) is 32.3 Å². The van der Waals surface area contributed by atoms with Crippen molar-refractivity contribution in [3.8, 4) is 0 Å². The van der Waals surface area contributed by atoms with Crippen molar-refractivity contribution in [3.63, 3.8) is 0 Å². The van der Waals surface area contributed by atoms with Crippen molar-refractivity contribution in [2.24, 2.45) is 0 Å². The Balaban J connectivity index is 1.46. The third kappa shape index (κ3) is 3.57. The third-order valence-corrected chi connectivity index (χ3v) is 6.38. The van der Waals surface area contributed by atoms with Gasteiger partial charge in [-0.05, 0) is 82.4 Å². The summed E-state index contributed by atoms with van der Waals surface area (Å²) in [6.07, 6.45) is 1.11. The number of anilines is 2. The molecule has 5 heteroatoms. The first kappa shape index (κ1) is 16.6. The number of thiophene rings is 1. The molecule has 0 fully saturated rings. The zero-order valence-corrected chi connectivity index (χ0v) is 16.5. The predicted octanol–water partition coefficient (Wildman–Crippen LogP) is 5.17. The van der Waals surface area contributed by atoms with E-state index in [1.54, 1.807) is 0 Å². The Hall–Kier alpha value is -1.86. The second kappa shape index (κ2) is 7.17. The number of hydrogen-bond donors (Lipinski definition) is 1. The lowest BCUT2D eigenvalue weighted by molar-refractivity contribution is 0.102. The normalized spacial score (nSPS) is 13.4. The van der Waals surface area contributed by atoms with Crippen LogP contribution >= 0.6 is 33.9 Å². The number of hydrogen-bond acceptors (Lipinski definition) is 3. The van der Waals surface area contributed by atoms with Crippen LogP contribution in [0.4, 0.5) is 11.4 Å². The van der Waals surface area contributed by atoms with E-state index in [4.69, 9.17) is 0 Å². The summed E-state index contributed by atoms with van der Waals surface area (Å²) >= 11 is 4.04. The summed E-state index contributed by atoms with van der Waals surface area (Å²) in [5.74, 6) is -0.0707. The molecular formula is C20H17IN2OS. The van der Waals surface area contributed by atoms with E-state index in [0.29, 0.717) is 5.56 Å². The smallest absolute Gasteiger partial charge is 0.256 e. The van der Waals surface area contributed by atoms with E-state index < -0.39 is 0 Å². The minimum absolute atomic E-state index is 0.0707. The third-order valence-electron chi connectivity index (χ3n) is 4.42. The maximum atomic E-state index is 12.4. The monoisotopic (exact) mass is 460 g/mol. The van der Waals surface area contributed by atoms with Crippen LogP contribution in [0.1, 0.15) is 20.8 Å².